The second kappa shape index (κ2) is 12.4. The van der Waals surface area contributed by atoms with E-state index in [9.17, 15) is 4.79 Å². The van der Waals surface area contributed by atoms with Gasteiger partial charge in [0.15, 0.2) is 0 Å². The molecule has 1 aliphatic heterocycles. The molecule has 0 radical (unpaired) electrons. The molecule has 0 aliphatic carbocycles. The van der Waals surface area contributed by atoms with Gasteiger partial charge >= 0.3 is 0 Å². The third-order valence-corrected chi connectivity index (χ3v) is 6.01. The van der Waals surface area contributed by atoms with Crippen LogP contribution in [0.25, 0.3) is 0 Å². The van der Waals surface area contributed by atoms with E-state index in [0.717, 1.165) is 18.0 Å². The number of nitrogens with zero attached hydrogens (tertiary/aromatic N) is 1. The van der Waals surface area contributed by atoms with Crippen molar-refractivity contribution in [3.05, 3.63) is 24.3 Å². The maximum Gasteiger partial charge on any atom is 0.256 e. The van der Waals surface area contributed by atoms with Gasteiger partial charge in [0, 0.05) is 24.9 Å². The number of carbonyl (C=O) groups is 1. The predicted octanol–water partition coefficient (Wildman–Crippen LogP) is 5.75. The van der Waals surface area contributed by atoms with E-state index in [0.29, 0.717) is 43.9 Å². The van der Waals surface area contributed by atoms with Gasteiger partial charge in [-0.05, 0) is 82.2 Å². The Labute approximate surface area is 189 Å². The van der Waals surface area contributed by atoms with Crippen LogP contribution in [-0.4, -0.2) is 48.8 Å². The van der Waals surface area contributed by atoms with Crippen LogP contribution in [0, 0.1) is 11.8 Å². The summed E-state index contributed by atoms with van der Waals surface area (Å²) in [5.41, 5.74) is -0.0178. The fourth-order valence-electron chi connectivity index (χ4n) is 4.70. The minimum absolute atomic E-state index is 0.0514. The van der Waals surface area contributed by atoms with E-state index >= 15 is 0 Å². The molecule has 1 amide bonds. The van der Waals surface area contributed by atoms with E-state index in [-0.39, 0.29) is 5.91 Å². The molecule has 31 heavy (non-hydrogen) atoms. The maximum absolute atomic E-state index is 13.3. The summed E-state index contributed by atoms with van der Waals surface area (Å²) in [6.07, 6.45) is 5.33. The highest BCUT2D eigenvalue weighted by molar-refractivity contribution is 5.97. The largest absolute Gasteiger partial charge is 0.492 e. The Morgan fingerprint density at radius 3 is 2.32 bits per heavy atom. The van der Waals surface area contributed by atoms with Crippen molar-refractivity contribution in [1.82, 2.24) is 4.90 Å². The van der Waals surface area contributed by atoms with Gasteiger partial charge in [0.25, 0.3) is 5.91 Å². The van der Waals surface area contributed by atoms with Crippen molar-refractivity contribution in [2.45, 2.75) is 85.3 Å². The number of anilines is 1. The van der Waals surface area contributed by atoms with E-state index in [4.69, 9.17) is 9.47 Å². The van der Waals surface area contributed by atoms with Gasteiger partial charge in [0.1, 0.15) is 18.0 Å². The first-order valence-electron chi connectivity index (χ1n) is 12.2. The molecule has 0 spiro atoms. The topological polar surface area (TPSA) is 50.8 Å². The lowest BCUT2D eigenvalue weighted by Crippen LogP contribution is -2.47. The SMILES string of the molecule is CCOC(CC(C)C)(CC(C)C)C(=O)Nc1ccc(OCCN2CCCC[C@H]2C)cc1. The molecular weight excluding hydrogens is 388 g/mol. The Morgan fingerprint density at radius 2 is 1.77 bits per heavy atom. The monoisotopic (exact) mass is 432 g/mol. The number of rotatable bonds is 12. The van der Waals surface area contributed by atoms with Crippen LogP contribution in [-0.2, 0) is 9.53 Å². The lowest BCUT2D eigenvalue weighted by atomic mass is 9.83. The van der Waals surface area contributed by atoms with Crippen molar-refractivity contribution < 1.29 is 14.3 Å². The molecule has 1 aromatic rings. The number of nitrogens with one attached hydrogen (secondary N) is 1. The minimum Gasteiger partial charge on any atom is -0.492 e. The molecule has 1 aliphatic rings. The average molecular weight is 433 g/mol. The van der Waals surface area contributed by atoms with Crippen LogP contribution in [0.5, 0.6) is 5.75 Å². The molecule has 0 unspecified atom stereocenters. The molecule has 0 bridgehead atoms. The molecule has 1 fully saturated rings. The number of benzene rings is 1. The number of hydrogen-bond donors (Lipinski definition) is 1. The summed E-state index contributed by atoms with van der Waals surface area (Å²) >= 11 is 0. The summed E-state index contributed by atoms with van der Waals surface area (Å²) in [5.74, 6) is 1.52. The number of likely N-dealkylation sites (tertiary alicyclic amines) is 1. The Kier molecular flexibility index (Phi) is 10.3. The first-order chi connectivity index (χ1) is 14.8. The molecule has 1 atom stereocenters. The highest BCUT2D eigenvalue weighted by atomic mass is 16.5. The van der Waals surface area contributed by atoms with Crippen molar-refractivity contribution in [3.8, 4) is 5.75 Å². The van der Waals surface area contributed by atoms with Crippen LogP contribution in [0.2, 0.25) is 0 Å². The summed E-state index contributed by atoms with van der Waals surface area (Å²) < 4.78 is 12.0. The summed E-state index contributed by atoms with van der Waals surface area (Å²) in [7, 11) is 0. The zero-order chi connectivity index (χ0) is 22.9. The van der Waals surface area contributed by atoms with Crippen molar-refractivity contribution in [2.24, 2.45) is 11.8 Å². The van der Waals surface area contributed by atoms with Crippen molar-refractivity contribution >= 4 is 11.6 Å². The smallest absolute Gasteiger partial charge is 0.256 e. The Hall–Kier alpha value is -1.59. The van der Waals surface area contributed by atoms with Crippen LogP contribution < -0.4 is 10.1 Å². The number of amides is 1. The van der Waals surface area contributed by atoms with E-state index in [1.165, 1.54) is 25.8 Å². The van der Waals surface area contributed by atoms with Crippen molar-refractivity contribution in [2.75, 3.05) is 31.6 Å². The molecule has 1 saturated heterocycles. The maximum atomic E-state index is 13.3. The second-order valence-corrected chi connectivity index (χ2v) is 9.83. The standard InChI is InChI=1S/C26H44N2O3/c1-7-31-26(18-20(2)3,19-21(4)5)25(29)27-23-11-13-24(14-12-23)30-17-16-28-15-9-8-10-22(28)6/h11-14,20-22H,7-10,15-19H2,1-6H3,(H,27,29)/t22-/m1/s1. The zero-order valence-corrected chi connectivity index (χ0v) is 20.6. The van der Waals surface area contributed by atoms with Crippen LogP contribution in [0.1, 0.15) is 73.6 Å². The van der Waals surface area contributed by atoms with E-state index in [2.05, 4.69) is 44.8 Å². The summed E-state index contributed by atoms with van der Waals surface area (Å²) in [4.78, 5) is 15.8. The molecule has 5 nitrogen and oxygen atoms in total. The highest BCUT2D eigenvalue weighted by Crippen LogP contribution is 2.31. The van der Waals surface area contributed by atoms with Gasteiger partial charge in [-0.2, -0.15) is 0 Å². The fourth-order valence-corrected chi connectivity index (χ4v) is 4.70. The molecule has 5 heteroatoms. The van der Waals surface area contributed by atoms with E-state index in [1.54, 1.807) is 0 Å². The quantitative estimate of drug-likeness (QED) is 0.457. The average Bonchev–Trinajstić information content (AvgIpc) is 2.70. The number of ether oxygens (including phenoxy) is 2. The third kappa shape index (κ3) is 8.12. The lowest BCUT2D eigenvalue weighted by Gasteiger charge is -2.35. The molecular formula is C26H44N2O3. The molecule has 0 saturated carbocycles. The van der Waals surface area contributed by atoms with E-state index in [1.807, 2.05) is 31.2 Å². The number of carbonyl (C=O) groups excluding carboxylic acids is 1. The van der Waals surface area contributed by atoms with Crippen LogP contribution >= 0.6 is 0 Å². The van der Waals surface area contributed by atoms with Crippen LogP contribution in [0.4, 0.5) is 5.69 Å². The number of hydrogen-bond acceptors (Lipinski definition) is 4. The second-order valence-electron chi connectivity index (χ2n) is 9.83. The molecule has 0 aromatic heterocycles. The van der Waals surface area contributed by atoms with Crippen molar-refractivity contribution in [3.63, 3.8) is 0 Å². The molecule has 1 heterocycles. The summed E-state index contributed by atoms with van der Waals surface area (Å²) in [5, 5.41) is 3.09. The van der Waals surface area contributed by atoms with Gasteiger partial charge < -0.3 is 14.8 Å². The zero-order valence-electron chi connectivity index (χ0n) is 20.6. The van der Waals surface area contributed by atoms with Gasteiger partial charge in [0.05, 0.1) is 0 Å². The Bertz CT molecular complexity index is 647. The highest BCUT2D eigenvalue weighted by Gasteiger charge is 2.40. The van der Waals surface area contributed by atoms with Gasteiger partial charge in [-0.15, -0.1) is 0 Å². The van der Waals surface area contributed by atoms with Gasteiger partial charge in [-0.3, -0.25) is 9.69 Å². The first kappa shape index (κ1) is 25.7. The van der Waals surface area contributed by atoms with Crippen LogP contribution in [0.15, 0.2) is 24.3 Å². The summed E-state index contributed by atoms with van der Waals surface area (Å²) in [6, 6.07) is 8.35. The van der Waals surface area contributed by atoms with Gasteiger partial charge in [-0.1, -0.05) is 34.1 Å². The van der Waals surface area contributed by atoms with Gasteiger partial charge in [0.2, 0.25) is 0 Å². The molecule has 176 valence electrons. The fraction of sp³-hybridized carbons (Fsp3) is 0.731. The third-order valence-electron chi connectivity index (χ3n) is 6.01. The Balaban J connectivity index is 1.95. The molecule has 1 N–H and O–H groups in total. The first-order valence-corrected chi connectivity index (χ1v) is 12.2. The minimum atomic E-state index is -0.794. The van der Waals surface area contributed by atoms with E-state index < -0.39 is 5.60 Å². The van der Waals surface area contributed by atoms with Crippen LogP contribution in [0.3, 0.4) is 0 Å². The molecule has 1 aromatic carbocycles. The number of piperidine rings is 1. The normalized spacial score (nSPS) is 17.9. The Morgan fingerprint density at radius 1 is 1.13 bits per heavy atom. The lowest BCUT2D eigenvalue weighted by molar-refractivity contribution is -0.146. The summed E-state index contributed by atoms with van der Waals surface area (Å²) in [6.45, 7) is 16.1. The molecule has 2 rings (SSSR count). The predicted molar refractivity (Wildman–Crippen MR) is 129 cm³/mol. The van der Waals surface area contributed by atoms with Crippen molar-refractivity contribution in [1.29, 1.82) is 0 Å². The van der Waals surface area contributed by atoms with Gasteiger partial charge in [-0.25, -0.2) is 0 Å².